The van der Waals surface area contributed by atoms with Crippen LogP contribution in [0.15, 0.2) is 42.7 Å². The van der Waals surface area contributed by atoms with Crippen LogP contribution in [0.4, 0.5) is 0 Å². The third-order valence-electron chi connectivity index (χ3n) is 4.84. The third-order valence-corrected chi connectivity index (χ3v) is 6.14. The van der Waals surface area contributed by atoms with E-state index in [-0.39, 0.29) is 6.10 Å². The lowest BCUT2D eigenvalue weighted by atomic mass is 10.2. The highest BCUT2D eigenvalue weighted by Crippen LogP contribution is 2.36. The van der Waals surface area contributed by atoms with Gasteiger partial charge in [0.15, 0.2) is 6.29 Å². The van der Waals surface area contributed by atoms with E-state index in [1.165, 1.54) is 11.3 Å². The molecule has 3 aromatic heterocycles. The van der Waals surface area contributed by atoms with Crippen LogP contribution in [-0.2, 0) is 11.3 Å². The molecule has 0 spiro atoms. The van der Waals surface area contributed by atoms with Crippen LogP contribution in [-0.4, -0.2) is 43.9 Å². The summed E-state index contributed by atoms with van der Waals surface area (Å²) in [6, 6.07) is 9.61. The van der Waals surface area contributed by atoms with Gasteiger partial charge in [-0.2, -0.15) is 0 Å². The normalized spacial score (nSPS) is 12.6. The third kappa shape index (κ3) is 4.94. The Bertz CT molecular complexity index is 1210. The first kappa shape index (κ1) is 22.7. The van der Waals surface area contributed by atoms with Crippen molar-refractivity contribution in [2.24, 2.45) is 0 Å². The molecule has 0 bridgehead atoms. The Morgan fingerprint density at radius 3 is 2.72 bits per heavy atom. The molecule has 9 heteroatoms. The molecule has 0 amide bonds. The molecular formula is C23H25ClN4O3S. The standard InChI is InChI=1S/C23H25ClN4O3S/c1-4-30-20(29)9-12-28-11-8-16-17(7-10-25-21(16)28)23-27-26-22(32-23)15-5-6-19(18(24)13-15)31-14(2)3/h5-8,10-11,13-14,20,29H,4,9,12H2,1-3H3. The summed E-state index contributed by atoms with van der Waals surface area (Å²) in [7, 11) is 0. The summed E-state index contributed by atoms with van der Waals surface area (Å²) in [5.41, 5.74) is 2.69. The van der Waals surface area contributed by atoms with Gasteiger partial charge in [-0.25, -0.2) is 4.98 Å². The van der Waals surface area contributed by atoms with Crippen LogP contribution in [0.2, 0.25) is 5.02 Å². The number of ether oxygens (including phenoxy) is 2. The van der Waals surface area contributed by atoms with E-state index < -0.39 is 6.29 Å². The fourth-order valence-corrected chi connectivity index (χ4v) is 4.52. The minimum absolute atomic E-state index is 0.0512. The highest BCUT2D eigenvalue weighted by atomic mass is 35.5. The molecule has 1 aromatic carbocycles. The molecule has 0 radical (unpaired) electrons. The summed E-state index contributed by atoms with van der Waals surface area (Å²) in [5, 5.41) is 21.8. The van der Waals surface area contributed by atoms with Gasteiger partial charge in [-0.05, 0) is 51.1 Å². The molecule has 4 rings (SSSR count). The van der Waals surface area contributed by atoms with E-state index in [2.05, 4.69) is 15.2 Å². The topological polar surface area (TPSA) is 82.3 Å². The van der Waals surface area contributed by atoms with Gasteiger partial charge in [0, 0.05) is 48.5 Å². The Morgan fingerprint density at radius 1 is 1.16 bits per heavy atom. The molecule has 0 saturated carbocycles. The number of benzene rings is 1. The summed E-state index contributed by atoms with van der Waals surface area (Å²) in [4.78, 5) is 4.53. The van der Waals surface area contributed by atoms with Gasteiger partial charge in [0.05, 0.1) is 11.1 Å². The van der Waals surface area contributed by atoms with Gasteiger partial charge in [0.1, 0.15) is 21.4 Å². The molecule has 0 aliphatic rings. The Hall–Kier alpha value is -2.52. The minimum Gasteiger partial charge on any atom is -0.489 e. The number of nitrogens with zero attached hydrogens (tertiary/aromatic N) is 4. The molecule has 0 aliphatic heterocycles. The van der Waals surface area contributed by atoms with Crippen LogP contribution in [0.3, 0.4) is 0 Å². The van der Waals surface area contributed by atoms with Crippen molar-refractivity contribution in [3.63, 3.8) is 0 Å². The van der Waals surface area contributed by atoms with E-state index in [1.807, 2.05) is 61.9 Å². The Labute approximate surface area is 195 Å². The van der Waals surface area contributed by atoms with Crippen molar-refractivity contribution in [1.82, 2.24) is 19.7 Å². The SMILES string of the molecule is CCOC(O)CCn1ccc2c(-c3nnc(-c4ccc(OC(C)C)c(Cl)c4)s3)ccnc21. The van der Waals surface area contributed by atoms with Crippen molar-refractivity contribution in [1.29, 1.82) is 0 Å². The smallest absolute Gasteiger partial charge is 0.156 e. The maximum absolute atomic E-state index is 9.85. The number of hydrogen-bond donors (Lipinski definition) is 1. The lowest BCUT2D eigenvalue weighted by Gasteiger charge is -2.11. The molecule has 1 atom stereocenters. The van der Waals surface area contributed by atoms with Crippen molar-refractivity contribution in [3.8, 4) is 26.9 Å². The second-order valence-corrected chi connectivity index (χ2v) is 8.91. The van der Waals surface area contributed by atoms with Crippen LogP contribution in [0, 0.1) is 0 Å². The molecule has 1 N–H and O–H groups in total. The minimum atomic E-state index is -0.782. The van der Waals surface area contributed by atoms with Gasteiger partial charge in [0.2, 0.25) is 0 Å². The van der Waals surface area contributed by atoms with Crippen molar-refractivity contribution in [3.05, 3.63) is 47.7 Å². The number of aliphatic hydroxyl groups is 1. The van der Waals surface area contributed by atoms with Gasteiger partial charge in [-0.1, -0.05) is 22.9 Å². The Balaban J connectivity index is 1.59. The highest BCUT2D eigenvalue weighted by Gasteiger charge is 2.15. The first-order chi connectivity index (χ1) is 15.5. The van der Waals surface area contributed by atoms with Crippen LogP contribution in [0.25, 0.3) is 32.2 Å². The monoisotopic (exact) mass is 472 g/mol. The summed E-state index contributed by atoms with van der Waals surface area (Å²) in [6.45, 7) is 6.87. The van der Waals surface area contributed by atoms with Crippen LogP contribution in [0.1, 0.15) is 27.2 Å². The van der Waals surface area contributed by atoms with Crippen molar-refractivity contribution in [2.45, 2.75) is 46.1 Å². The molecule has 0 saturated heterocycles. The van der Waals surface area contributed by atoms with Gasteiger partial charge >= 0.3 is 0 Å². The number of pyridine rings is 1. The van der Waals surface area contributed by atoms with E-state index in [0.717, 1.165) is 32.2 Å². The Kier molecular flexibility index (Phi) is 7.05. The Morgan fingerprint density at radius 2 is 1.97 bits per heavy atom. The maximum atomic E-state index is 9.85. The predicted octanol–water partition coefficient (Wildman–Crippen LogP) is 5.41. The fraction of sp³-hybridized carbons (Fsp3) is 0.348. The van der Waals surface area contributed by atoms with E-state index in [9.17, 15) is 5.11 Å². The number of aromatic nitrogens is 4. The summed E-state index contributed by atoms with van der Waals surface area (Å²) >= 11 is 7.89. The van der Waals surface area contributed by atoms with E-state index in [4.69, 9.17) is 21.1 Å². The number of aryl methyl sites for hydroxylation is 1. The summed E-state index contributed by atoms with van der Waals surface area (Å²) < 4.78 is 12.9. The van der Waals surface area contributed by atoms with E-state index in [0.29, 0.717) is 30.3 Å². The molecule has 168 valence electrons. The predicted molar refractivity (Wildman–Crippen MR) is 127 cm³/mol. The number of fused-ring (bicyclic) bond motifs is 1. The lowest BCUT2D eigenvalue weighted by Crippen LogP contribution is -2.14. The molecule has 1 unspecified atom stereocenters. The summed E-state index contributed by atoms with van der Waals surface area (Å²) in [5.74, 6) is 0.654. The van der Waals surface area contributed by atoms with Gasteiger partial charge in [0.25, 0.3) is 0 Å². The van der Waals surface area contributed by atoms with Crippen LogP contribution >= 0.6 is 22.9 Å². The number of halogens is 1. The number of hydrogen-bond acceptors (Lipinski definition) is 7. The van der Waals surface area contributed by atoms with Crippen LogP contribution in [0.5, 0.6) is 5.75 Å². The zero-order chi connectivity index (χ0) is 22.7. The fourth-order valence-electron chi connectivity index (χ4n) is 3.41. The highest BCUT2D eigenvalue weighted by molar-refractivity contribution is 7.18. The van der Waals surface area contributed by atoms with Gasteiger partial charge < -0.3 is 19.1 Å². The second-order valence-electron chi connectivity index (χ2n) is 7.53. The number of rotatable bonds is 9. The van der Waals surface area contributed by atoms with Crippen molar-refractivity contribution >= 4 is 34.0 Å². The molecule has 32 heavy (non-hydrogen) atoms. The first-order valence-corrected chi connectivity index (χ1v) is 11.7. The maximum Gasteiger partial charge on any atom is 0.156 e. The summed E-state index contributed by atoms with van der Waals surface area (Å²) in [6.07, 6.45) is 3.49. The van der Waals surface area contributed by atoms with E-state index in [1.54, 1.807) is 6.20 Å². The zero-order valence-electron chi connectivity index (χ0n) is 18.2. The molecule has 7 nitrogen and oxygen atoms in total. The average Bonchev–Trinajstić information content (AvgIpc) is 3.41. The lowest BCUT2D eigenvalue weighted by molar-refractivity contribution is -0.100. The average molecular weight is 473 g/mol. The molecule has 0 aliphatic carbocycles. The molecular weight excluding hydrogens is 448 g/mol. The van der Waals surface area contributed by atoms with E-state index >= 15 is 0 Å². The van der Waals surface area contributed by atoms with Crippen molar-refractivity contribution in [2.75, 3.05) is 6.61 Å². The number of aliphatic hydroxyl groups excluding tert-OH is 1. The van der Waals surface area contributed by atoms with Gasteiger partial charge in [-0.15, -0.1) is 10.2 Å². The largest absolute Gasteiger partial charge is 0.489 e. The molecule has 3 heterocycles. The molecule has 4 aromatic rings. The zero-order valence-corrected chi connectivity index (χ0v) is 19.7. The first-order valence-electron chi connectivity index (χ1n) is 10.5. The molecule has 0 fully saturated rings. The quantitative estimate of drug-likeness (QED) is 0.328. The second kappa shape index (κ2) is 9.95. The van der Waals surface area contributed by atoms with Gasteiger partial charge in [-0.3, -0.25) is 0 Å². The van der Waals surface area contributed by atoms with Crippen LogP contribution < -0.4 is 4.74 Å². The van der Waals surface area contributed by atoms with Crippen molar-refractivity contribution < 1.29 is 14.6 Å².